The monoisotopic (exact) mass is 191 g/mol. The molecule has 2 nitrogen and oxygen atoms in total. The first-order valence-electron chi connectivity index (χ1n) is 5.22. The largest absolute Gasteiger partial charge is 0.373 e. The zero-order valence-corrected chi connectivity index (χ0v) is 8.57. The van der Waals surface area contributed by atoms with Gasteiger partial charge in [0.15, 0.2) is 0 Å². The molecule has 14 heavy (non-hydrogen) atoms. The highest BCUT2D eigenvalue weighted by Crippen LogP contribution is 2.31. The van der Waals surface area contributed by atoms with Gasteiger partial charge < -0.3 is 10.5 Å². The average molecular weight is 191 g/mol. The smallest absolute Gasteiger partial charge is 0.0865 e. The maximum absolute atomic E-state index is 5.78. The summed E-state index contributed by atoms with van der Waals surface area (Å²) in [5.41, 5.74) is 8.43. The van der Waals surface area contributed by atoms with Crippen LogP contribution in [0.2, 0.25) is 0 Å². The van der Waals surface area contributed by atoms with E-state index in [1.54, 1.807) is 0 Å². The first-order chi connectivity index (χ1) is 6.83. The molecule has 0 saturated heterocycles. The van der Waals surface area contributed by atoms with E-state index in [0.717, 1.165) is 13.0 Å². The van der Waals surface area contributed by atoms with E-state index < -0.39 is 0 Å². The molecule has 1 aromatic rings. The maximum Gasteiger partial charge on any atom is 0.0865 e. The third-order valence-electron chi connectivity index (χ3n) is 2.92. The number of nitrogens with two attached hydrogens (primary N) is 1. The van der Waals surface area contributed by atoms with Gasteiger partial charge in [0, 0.05) is 0 Å². The van der Waals surface area contributed by atoms with Gasteiger partial charge >= 0.3 is 0 Å². The number of fused-ring (bicyclic) bond motifs is 1. The Labute approximate surface area is 85.1 Å². The van der Waals surface area contributed by atoms with Crippen molar-refractivity contribution in [3.05, 3.63) is 35.4 Å². The molecule has 1 aliphatic rings. The van der Waals surface area contributed by atoms with Crippen LogP contribution < -0.4 is 5.73 Å². The van der Waals surface area contributed by atoms with E-state index in [1.165, 1.54) is 11.1 Å². The zero-order chi connectivity index (χ0) is 9.97. The normalized spacial score (nSPS) is 22.9. The fraction of sp³-hybridized carbons (Fsp3) is 0.500. The molecule has 2 rings (SSSR count). The van der Waals surface area contributed by atoms with E-state index in [-0.39, 0.29) is 6.10 Å². The lowest BCUT2D eigenvalue weighted by Crippen LogP contribution is -2.26. The van der Waals surface area contributed by atoms with Crippen molar-refractivity contribution in [1.29, 1.82) is 0 Å². The predicted octanol–water partition coefficient (Wildman–Crippen LogP) is 1.90. The van der Waals surface area contributed by atoms with Crippen molar-refractivity contribution >= 4 is 0 Å². The van der Waals surface area contributed by atoms with Gasteiger partial charge in [0.05, 0.1) is 12.7 Å². The highest BCUT2D eigenvalue weighted by Gasteiger charge is 2.24. The third-order valence-corrected chi connectivity index (χ3v) is 2.92. The summed E-state index contributed by atoms with van der Waals surface area (Å²) < 4.78 is 5.78. The number of hydrogen-bond acceptors (Lipinski definition) is 2. The first kappa shape index (κ1) is 9.69. The summed E-state index contributed by atoms with van der Waals surface area (Å²) in [6.07, 6.45) is 1.23. The van der Waals surface area contributed by atoms with Gasteiger partial charge in [-0.25, -0.2) is 0 Å². The second-order valence-corrected chi connectivity index (χ2v) is 3.95. The molecular formula is C12H17NO. The van der Waals surface area contributed by atoms with Crippen molar-refractivity contribution < 1.29 is 4.74 Å². The molecule has 0 aromatic heterocycles. The summed E-state index contributed by atoms with van der Waals surface area (Å²) in [5.74, 6) is 0.399. The Kier molecular flexibility index (Phi) is 2.85. The lowest BCUT2D eigenvalue weighted by Gasteiger charge is -2.29. The van der Waals surface area contributed by atoms with Crippen LogP contribution in [0, 0.1) is 5.92 Å². The van der Waals surface area contributed by atoms with Crippen LogP contribution in [0.5, 0.6) is 0 Å². The highest BCUT2D eigenvalue weighted by molar-refractivity contribution is 5.31. The molecule has 2 atom stereocenters. The quantitative estimate of drug-likeness (QED) is 0.774. The van der Waals surface area contributed by atoms with Crippen molar-refractivity contribution in [2.75, 3.05) is 13.2 Å². The van der Waals surface area contributed by atoms with Crippen LogP contribution in [0.25, 0.3) is 0 Å². The summed E-state index contributed by atoms with van der Waals surface area (Å²) in [6.45, 7) is 3.65. The molecule has 0 fully saturated rings. The summed E-state index contributed by atoms with van der Waals surface area (Å²) in [6, 6.07) is 8.51. The zero-order valence-electron chi connectivity index (χ0n) is 8.57. The van der Waals surface area contributed by atoms with Crippen LogP contribution in [0.3, 0.4) is 0 Å². The molecule has 0 spiro atoms. The summed E-state index contributed by atoms with van der Waals surface area (Å²) in [5, 5.41) is 0. The second kappa shape index (κ2) is 4.11. The van der Waals surface area contributed by atoms with Gasteiger partial charge in [-0.1, -0.05) is 31.2 Å². The van der Waals surface area contributed by atoms with E-state index in [4.69, 9.17) is 10.5 Å². The third kappa shape index (κ3) is 1.68. The minimum absolute atomic E-state index is 0.199. The van der Waals surface area contributed by atoms with E-state index in [0.29, 0.717) is 12.5 Å². The van der Waals surface area contributed by atoms with Gasteiger partial charge in [-0.2, -0.15) is 0 Å². The Bertz CT molecular complexity index is 311. The average Bonchev–Trinajstić information content (AvgIpc) is 2.27. The molecule has 1 unspecified atom stereocenters. The Morgan fingerprint density at radius 2 is 2.29 bits per heavy atom. The lowest BCUT2D eigenvalue weighted by molar-refractivity contribution is 0.00875. The van der Waals surface area contributed by atoms with Gasteiger partial charge in [-0.15, -0.1) is 0 Å². The minimum Gasteiger partial charge on any atom is -0.373 e. The molecule has 0 saturated carbocycles. The lowest BCUT2D eigenvalue weighted by atomic mass is 9.90. The molecule has 1 aliphatic heterocycles. The van der Waals surface area contributed by atoms with Gasteiger partial charge in [0.2, 0.25) is 0 Å². The molecule has 0 aliphatic carbocycles. The predicted molar refractivity (Wildman–Crippen MR) is 57.1 cm³/mol. The molecule has 2 heteroatoms. The molecule has 0 radical (unpaired) electrons. The van der Waals surface area contributed by atoms with E-state index >= 15 is 0 Å². The van der Waals surface area contributed by atoms with Crippen LogP contribution in [0.15, 0.2) is 24.3 Å². The van der Waals surface area contributed by atoms with E-state index in [2.05, 4.69) is 31.2 Å². The Balaban J connectivity index is 2.30. The number of hydrogen-bond donors (Lipinski definition) is 1. The SMILES string of the molecule is CC(CN)[C@H]1OCCc2ccccc21. The van der Waals surface area contributed by atoms with Crippen molar-refractivity contribution in [2.45, 2.75) is 19.4 Å². The molecule has 0 amide bonds. The molecule has 2 N–H and O–H groups in total. The van der Waals surface area contributed by atoms with Crippen molar-refractivity contribution in [3.63, 3.8) is 0 Å². The molecule has 76 valence electrons. The van der Waals surface area contributed by atoms with Crippen LogP contribution >= 0.6 is 0 Å². The maximum atomic E-state index is 5.78. The second-order valence-electron chi connectivity index (χ2n) is 3.95. The van der Waals surface area contributed by atoms with Crippen LogP contribution in [0.4, 0.5) is 0 Å². The summed E-state index contributed by atoms with van der Waals surface area (Å²) >= 11 is 0. The van der Waals surface area contributed by atoms with E-state index in [1.807, 2.05) is 0 Å². The Hall–Kier alpha value is -0.860. The number of ether oxygens (including phenoxy) is 1. The van der Waals surface area contributed by atoms with Crippen molar-refractivity contribution in [1.82, 2.24) is 0 Å². The topological polar surface area (TPSA) is 35.2 Å². The van der Waals surface area contributed by atoms with Gasteiger partial charge in [-0.3, -0.25) is 0 Å². The van der Waals surface area contributed by atoms with E-state index in [9.17, 15) is 0 Å². The van der Waals surface area contributed by atoms with Crippen molar-refractivity contribution in [3.8, 4) is 0 Å². The van der Waals surface area contributed by atoms with Gasteiger partial charge in [0.1, 0.15) is 0 Å². The molecule has 1 aromatic carbocycles. The number of benzene rings is 1. The fourth-order valence-corrected chi connectivity index (χ4v) is 2.02. The molecule has 0 bridgehead atoms. The molecular weight excluding hydrogens is 174 g/mol. The highest BCUT2D eigenvalue weighted by atomic mass is 16.5. The van der Waals surface area contributed by atoms with Gasteiger partial charge in [0.25, 0.3) is 0 Å². The first-order valence-corrected chi connectivity index (χ1v) is 5.22. The summed E-state index contributed by atoms with van der Waals surface area (Å²) in [7, 11) is 0. The minimum atomic E-state index is 0.199. The van der Waals surface area contributed by atoms with Crippen molar-refractivity contribution in [2.24, 2.45) is 11.7 Å². The summed E-state index contributed by atoms with van der Waals surface area (Å²) in [4.78, 5) is 0. The Morgan fingerprint density at radius 1 is 1.50 bits per heavy atom. The molecule has 1 heterocycles. The number of rotatable bonds is 2. The van der Waals surface area contributed by atoms with Gasteiger partial charge in [-0.05, 0) is 30.0 Å². The fourth-order valence-electron chi connectivity index (χ4n) is 2.02. The van der Waals surface area contributed by atoms with Crippen LogP contribution in [-0.2, 0) is 11.2 Å². The van der Waals surface area contributed by atoms with Crippen LogP contribution in [0.1, 0.15) is 24.2 Å². The Morgan fingerprint density at radius 3 is 3.07 bits per heavy atom. The standard InChI is InChI=1S/C12H17NO/c1-9(8-13)12-11-5-3-2-4-10(11)6-7-14-12/h2-5,9,12H,6-8,13H2,1H3/t9?,12-/m1/s1. The van der Waals surface area contributed by atoms with Crippen LogP contribution in [-0.4, -0.2) is 13.2 Å².